The number of thiophene rings is 1. The normalized spacial score (nSPS) is 11.5. The van der Waals surface area contributed by atoms with Gasteiger partial charge in [-0.2, -0.15) is 0 Å². The van der Waals surface area contributed by atoms with Crippen LogP contribution in [-0.2, 0) is 5.41 Å². The molecule has 0 aliphatic carbocycles. The Morgan fingerprint density at radius 2 is 2.11 bits per heavy atom. The molecule has 1 heterocycles. The number of hydrogen-bond acceptors (Lipinski definition) is 3. The number of nitrogen functional groups attached to an aromatic ring is 1. The third-order valence-corrected chi connectivity index (χ3v) is 4.65. The van der Waals surface area contributed by atoms with E-state index in [4.69, 9.17) is 5.73 Å². The van der Waals surface area contributed by atoms with Crippen LogP contribution in [-0.4, -0.2) is 6.54 Å². The van der Waals surface area contributed by atoms with Crippen LogP contribution in [0.15, 0.2) is 40.2 Å². The first-order chi connectivity index (χ1) is 8.49. The largest absolute Gasteiger partial charge is 0.397 e. The summed E-state index contributed by atoms with van der Waals surface area (Å²) in [5.41, 5.74) is 7.82. The summed E-state index contributed by atoms with van der Waals surface area (Å²) < 4.78 is 1.04. The molecule has 0 amide bonds. The van der Waals surface area contributed by atoms with E-state index in [1.165, 1.54) is 4.88 Å². The van der Waals surface area contributed by atoms with Gasteiger partial charge in [-0.05, 0) is 29.6 Å². The average molecular weight is 325 g/mol. The second kappa shape index (κ2) is 5.33. The average Bonchev–Trinajstić information content (AvgIpc) is 2.85. The van der Waals surface area contributed by atoms with Gasteiger partial charge in [0.25, 0.3) is 0 Å². The van der Waals surface area contributed by atoms with Crippen molar-refractivity contribution in [3.05, 3.63) is 45.1 Å². The van der Waals surface area contributed by atoms with Crippen molar-refractivity contribution in [2.45, 2.75) is 19.3 Å². The van der Waals surface area contributed by atoms with Gasteiger partial charge < -0.3 is 11.1 Å². The van der Waals surface area contributed by atoms with Crippen molar-refractivity contribution in [3.8, 4) is 0 Å². The highest BCUT2D eigenvalue weighted by Gasteiger charge is 2.21. The van der Waals surface area contributed by atoms with Gasteiger partial charge in [0.15, 0.2) is 0 Å². The third kappa shape index (κ3) is 3.06. The van der Waals surface area contributed by atoms with Gasteiger partial charge in [-0.3, -0.25) is 0 Å². The van der Waals surface area contributed by atoms with Gasteiger partial charge in [-0.15, -0.1) is 11.3 Å². The van der Waals surface area contributed by atoms with Crippen molar-refractivity contribution in [1.29, 1.82) is 0 Å². The lowest BCUT2D eigenvalue weighted by molar-refractivity contribution is 0.569. The van der Waals surface area contributed by atoms with Crippen molar-refractivity contribution in [2.24, 2.45) is 0 Å². The Morgan fingerprint density at radius 3 is 2.78 bits per heavy atom. The molecule has 18 heavy (non-hydrogen) atoms. The van der Waals surface area contributed by atoms with Gasteiger partial charge in [-0.1, -0.05) is 35.8 Å². The highest BCUT2D eigenvalue weighted by atomic mass is 79.9. The molecule has 2 rings (SSSR count). The zero-order valence-corrected chi connectivity index (χ0v) is 12.9. The summed E-state index contributed by atoms with van der Waals surface area (Å²) in [6.07, 6.45) is 0. The molecule has 3 N–H and O–H groups in total. The molecule has 0 saturated heterocycles. The Kier molecular flexibility index (Phi) is 3.97. The van der Waals surface area contributed by atoms with Gasteiger partial charge in [-0.25, -0.2) is 0 Å². The van der Waals surface area contributed by atoms with E-state index in [-0.39, 0.29) is 5.41 Å². The fourth-order valence-electron chi connectivity index (χ4n) is 1.75. The quantitative estimate of drug-likeness (QED) is 0.813. The summed E-state index contributed by atoms with van der Waals surface area (Å²) in [5.74, 6) is 0. The molecule has 96 valence electrons. The highest BCUT2D eigenvalue weighted by Crippen LogP contribution is 2.29. The molecule has 2 nitrogen and oxygen atoms in total. The number of benzene rings is 1. The Labute approximate surface area is 120 Å². The number of hydrogen-bond donors (Lipinski definition) is 2. The molecule has 0 aliphatic heterocycles. The van der Waals surface area contributed by atoms with Crippen LogP contribution in [0.5, 0.6) is 0 Å². The van der Waals surface area contributed by atoms with E-state index in [2.05, 4.69) is 52.6 Å². The van der Waals surface area contributed by atoms with Crippen LogP contribution < -0.4 is 11.1 Å². The van der Waals surface area contributed by atoms with E-state index >= 15 is 0 Å². The summed E-state index contributed by atoms with van der Waals surface area (Å²) in [7, 11) is 0. The lowest BCUT2D eigenvalue weighted by Crippen LogP contribution is -2.26. The van der Waals surface area contributed by atoms with Gasteiger partial charge in [0.1, 0.15) is 0 Å². The summed E-state index contributed by atoms with van der Waals surface area (Å²) in [4.78, 5) is 1.38. The van der Waals surface area contributed by atoms with Crippen molar-refractivity contribution in [1.82, 2.24) is 0 Å². The minimum atomic E-state index is 0.100. The van der Waals surface area contributed by atoms with Crippen LogP contribution in [0.3, 0.4) is 0 Å². The SMILES string of the molecule is CC(C)(CNc1cc(Br)ccc1N)c1cccs1. The molecule has 0 saturated carbocycles. The fourth-order valence-corrected chi connectivity index (χ4v) is 2.96. The van der Waals surface area contributed by atoms with Crippen molar-refractivity contribution in [2.75, 3.05) is 17.6 Å². The molecular formula is C14H17BrN2S. The van der Waals surface area contributed by atoms with Crippen LogP contribution in [0.4, 0.5) is 11.4 Å². The Hall–Kier alpha value is -1.00. The molecule has 0 fully saturated rings. The Morgan fingerprint density at radius 1 is 1.33 bits per heavy atom. The number of rotatable bonds is 4. The maximum atomic E-state index is 5.96. The van der Waals surface area contributed by atoms with Gasteiger partial charge in [0.2, 0.25) is 0 Å². The number of nitrogens with two attached hydrogens (primary N) is 1. The molecule has 0 bridgehead atoms. The second-order valence-corrected chi connectivity index (χ2v) is 6.81. The van der Waals surface area contributed by atoms with Crippen LogP contribution in [0, 0.1) is 0 Å². The molecule has 0 aliphatic rings. The lowest BCUT2D eigenvalue weighted by atomic mass is 9.91. The zero-order chi connectivity index (χ0) is 13.2. The van der Waals surface area contributed by atoms with Gasteiger partial charge in [0.05, 0.1) is 11.4 Å². The summed E-state index contributed by atoms with van der Waals surface area (Å²) in [6, 6.07) is 10.1. The van der Waals surface area contributed by atoms with E-state index in [0.717, 1.165) is 22.4 Å². The van der Waals surface area contributed by atoms with Crippen molar-refractivity contribution in [3.63, 3.8) is 0 Å². The molecule has 2 aromatic rings. The predicted octanol–water partition coefficient (Wildman–Crippen LogP) is 4.48. The summed E-state index contributed by atoms with van der Waals surface area (Å²) in [6.45, 7) is 5.33. The van der Waals surface area contributed by atoms with E-state index in [9.17, 15) is 0 Å². The fraction of sp³-hybridized carbons (Fsp3) is 0.286. The number of anilines is 2. The van der Waals surface area contributed by atoms with Crippen molar-refractivity contribution < 1.29 is 0 Å². The first kappa shape index (κ1) is 13.4. The zero-order valence-electron chi connectivity index (χ0n) is 10.5. The maximum absolute atomic E-state index is 5.96. The summed E-state index contributed by atoms with van der Waals surface area (Å²) in [5, 5.41) is 5.55. The first-order valence-corrected chi connectivity index (χ1v) is 7.49. The van der Waals surface area contributed by atoms with E-state index in [1.54, 1.807) is 11.3 Å². The van der Waals surface area contributed by atoms with Crippen LogP contribution >= 0.6 is 27.3 Å². The molecular weight excluding hydrogens is 308 g/mol. The van der Waals surface area contributed by atoms with E-state index < -0.39 is 0 Å². The van der Waals surface area contributed by atoms with E-state index in [0.29, 0.717) is 0 Å². The summed E-state index contributed by atoms with van der Waals surface area (Å²) >= 11 is 5.25. The third-order valence-electron chi connectivity index (χ3n) is 2.92. The molecule has 0 atom stereocenters. The van der Waals surface area contributed by atoms with Gasteiger partial charge >= 0.3 is 0 Å². The smallest absolute Gasteiger partial charge is 0.0585 e. The molecule has 0 spiro atoms. The molecule has 1 aromatic heterocycles. The van der Waals surface area contributed by atoms with Gasteiger partial charge in [0, 0.05) is 21.3 Å². The maximum Gasteiger partial charge on any atom is 0.0585 e. The minimum absolute atomic E-state index is 0.100. The monoisotopic (exact) mass is 324 g/mol. The number of halogens is 1. The molecule has 4 heteroatoms. The Bertz CT molecular complexity index is 521. The predicted molar refractivity (Wildman–Crippen MR) is 84.4 cm³/mol. The lowest BCUT2D eigenvalue weighted by Gasteiger charge is -2.24. The van der Waals surface area contributed by atoms with Crippen LogP contribution in [0.1, 0.15) is 18.7 Å². The van der Waals surface area contributed by atoms with Crippen LogP contribution in [0.2, 0.25) is 0 Å². The first-order valence-electron chi connectivity index (χ1n) is 5.82. The van der Waals surface area contributed by atoms with E-state index in [1.807, 2.05) is 18.2 Å². The molecule has 1 aromatic carbocycles. The minimum Gasteiger partial charge on any atom is -0.397 e. The molecule has 0 radical (unpaired) electrons. The van der Waals surface area contributed by atoms with Crippen molar-refractivity contribution >= 4 is 38.6 Å². The Balaban J connectivity index is 2.09. The topological polar surface area (TPSA) is 38.0 Å². The highest BCUT2D eigenvalue weighted by molar-refractivity contribution is 9.10. The van der Waals surface area contributed by atoms with Crippen LogP contribution in [0.25, 0.3) is 0 Å². The molecule has 0 unspecified atom stereocenters. The number of nitrogens with one attached hydrogen (secondary N) is 1. The standard InChI is InChI=1S/C14H17BrN2S/c1-14(2,13-4-3-7-18-13)9-17-12-8-10(15)5-6-11(12)16/h3-8,17H,9,16H2,1-2H3. The second-order valence-electron chi connectivity index (χ2n) is 4.95.